The molecule has 3 aromatic carbocycles. The van der Waals surface area contributed by atoms with Crippen LogP contribution in [0.5, 0.6) is 11.5 Å². The number of carbonyl (C=O) groups is 2. The Morgan fingerprint density at radius 3 is 2.34 bits per heavy atom. The van der Waals surface area contributed by atoms with Gasteiger partial charge in [0.25, 0.3) is 5.91 Å². The van der Waals surface area contributed by atoms with Gasteiger partial charge in [-0.15, -0.1) is 0 Å². The molecule has 148 valence electrons. The zero-order valence-electron chi connectivity index (χ0n) is 16.5. The second-order valence-corrected chi connectivity index (χ2v) is 6.69. The number of rotatable bonds is 7. The fourth-order valence-electron chi connectivity index (χ4n) is 2.69. The topological polar surface area (TPSA) is 64.6 Å². The third-order valence-corrected chi connectivity index (χ3v) is 4.29. The second-order valence-electron chi connectivity index (χ2n) is 6.69. The van der Waals surface area contributed by atoms with E-state index in [0.717, 1.165) is 16.9 Å². The number of hydrogen-bond donors (Lipinski definition) is 1. The highest BCUT2D eigenvalue weighted by atomic mass is 16.5. The van der Waals surface area contributed by atoms with Crippen molar-refractivity contribution in [3.63, 3.8) is 0 Å². The molecule has 0 spiro atoms. The van der Waals surface area contributed by atoms with Crippen molar-refractivity contribution in [3.05, 3.63) is 89.5 Å². The number of carbonyl (C=O) groups excluding carboxylic acids is 2. The highest BCUT2D eigenvalue weighted by molar-refractivity contribution is 6.04. The fraction of sp³-hybridized carbons (Fsp3) is 0.167. The Balaban J connectivity index is 1.47. The van der Waals surface area contributed by atoms with E-state index in [1.54, 1.807) is 48.5 Å². The van der Waals surface area contributed by atoms with Crippen molar-refractivity contribution in [2.75, 3.05) is 11.9 Å². The summed E-state index contributed by atoms with van der Waals surface area (Å²) in [5.41, 5.74) is 3.33. The van der Waals surface area contributed by atoms with Gasteiger partial charge in [-0.3, -0.25) is 9.59 Å². The molecule has 0 aromatic heterocycles. The highest BCUT2D eigenvalue weighted by Crippen LogP contribution is 2.20. The molecule has 0 atom stereocenters. The Bertz CT molecular complexity index is 982. The second kappa shape index (κ2) is 9.55. The van der Waals surface area contributed by atoms with Crippen molar-refractivity contribution >= 4 is 17.6 Å². The molecule has 5 nitrogen and oxygen atoms in total. The lowest BCUT2D eigenvalue weighted by atomic mass is 10.1. The van der Waals surface area contributed by atoms with Crippen molar-refractivity contribution in [1.82, 2.24) is 0 Å². The molecule has 29 heavy (non-hydrogen) atoms. The standard InChI is InChI=1S/C24H23NO4/c1-17-8-9-18(2)22(16-17)28-15-14-23(26)29-21-12-10-20(11-13-21)25-24(27)19-6-4-3-5-7-19/h3-13,16H,14-15H2,1-2H3,(H,25,27). The molecule has 0 bridgehead atoms. The number of esters is 1. The average Bonchev–Trinajstić information content (AvgIpc) is 2.72. The third kappa shape index (κ3) is 5.94. The quantitative estimate of drug-likeness (QED) is 0.460. The van der Waals surface area contributed by atoms with Crippen LogP contribution in [0.2, 0.25) is 0 Å². The van der Waals surface area contributed by atoms with E-state index in [1.807, 2.05) is 38.1 Å². The molecule has 0 saturated heterocycles. The number of benzene rings is 3. The summed E-state index contributed by atoms with van der Waals surface area (Å²) in [7, 11) is 0. The molecule has 0 saturated carbocycles. The van der Waals surface area contributed by atoms with E-state index in [9.17, 15) is 9.59 Å². The van der Waals surface area contributed by atoms with Crippen LogP contribution in [0.4, 0.5) is 5.69 Å². The number of nitrogens with one attached hydrogen (secondary N) is 1. The Kier molecular flexibility index (Phi) is 6.63. The largest absolute Gasteiger partial charge is 0.493 e. The van der Waals surface area contributed by atoms with Crippen molar-refractivity contribution in [1.29, 1.82) is 0 Å². The molecule has 5 heteroatoms. The highest BCUT2D eigenvalue weighted by Gasteiger charge is 2.08. The summed E-state index contributed by atoms with van der Waals surface area (Å²) in [5.74, 6) is 0.617. The van der Waals surface area contributed by atoms with Gasteiger partial charge < -0.3 is 14.8 Å². The summed E-state index contributed by atoms with van der Waals surface area (Å²) in [4.78, 5) is 24.2. The monoisotopic (exact) mass is 389 g/mol. The van der Waals surface area contributed by atoms with Crippen LogP contribution in [0, 0.1) is 13.8 Å². The van der Waals surface area contributed by atoms with Crippen LogP contribution in [-0.4, -0.2) is 18.5 Å². The van der Waals surface area contributed by atoms with E-state index in [2.05, 4.69) is 5.32 Å². The lowest BCUT2D eigenvalue weighted by Crippen LogP contribution is -2.13. The molecule has 0 unspecified atom stereocenters. The van der Waals surface area contributed by atoms with Gasteiger partial charge >= 0.3 is 5.97 Å². The molecule has 0 heterocycles. The van der Waals surface area contributed by atoms with Gasteiger partial charge in [0, 0.05) is 11.3 Å². The molecule has 0 aliphatic rings. The number of aryl methyl sites for hydroxylation is 2. The average molecular weight is 389 g/mol. The van der Waals surface area contributed by atoms with Gasteiger partial charge in [-0.05, 0) is 67.4 Å². The summed E-state index contributed by atoms with van der Waals surface area (Å²) in [6.45, 7) is 4.20. The minimum Gasteiger partial charge on any atom is -0.493 e. The van der Waals surface area contributed by atoms with E-state index in [1.165, 1.54) is 0 Å². The Labute approximate surface area is 170 Å². The van der Waals surface area contributed by atoms with Crippen LogP contribution in [0.25, 0.3) is 0 Å². The van der Waals surface area contributed by atoms with Crippen molar-refractivity contribution in [3.8, 4) is 11.5 Å². The normalized spacial score (nSPS) is 10.3. The SMILES string of the molecule is Cc1ccc(C)c(OCCC(=O)Oc2ccc(NC(=O)c3ccccc3)cc2)c1. The summed E-state index contributed by atoms with van der Waals surface area (Å²) >= 11 is 0. The first-order valence-electron chi connectivity index (χ1n) is 9.38. The first-order chi connectivity index (χ1) is 14.0. The first-order valence-corrected chi connectivity index (χ1v) is 9.38. The molecular formula is C24H23NO4. The van der Waals surface area contributed by atoms with Crippen molar-refractivity contribution in [2.45, 2.75) is 20.3 Å². The molecular weight excluding hydrogens is 366 g/mol. The van der Waals surface area contributed by atoms with Crippen LogP contribution < -0.4 is 14.8 Å². The summed E-state index contributed by atoms with van der Waals surface area (Å²) in [5, 5.41) is 2.80. The van der Waals surface area contributed by atoms with Gasteiger partial charge in [0.15, 0.2) is 0 Å². The van der Waals surface area contributed by atoms with E-state index in [0.29, 0.717) is 17.0 Å². The van der Waals surface area contributed by atoms with Crippen LogP contribution in [0.1, 0.15) is 27.9 Å². The molecule has 3 rings (SSSR count). The Hall–Kier alpha value is -3.60. The maximum absolute atomic E-state index is 12.1. The van der Waals surface area contributed by atoms with Crippen molar-refractivity contribution < 1.29 is 19.1 Å². The molecule has 1 amide bonds. The first kappa shape index (κ1) is 20.1. The lowest BCUT2D eigenvalue weighted by molar-refractivity contribution is -0.134. The zero-order chi connectivity index (χ0) is 20.6. The van der Waals surface area contributed by atoms with Gasteiger partial charge in [-0.1, -0.05) is 30.3 Å². The lowest BCUT2D eigenvalue weighted by Gasteiger charge is -2.10. The van der Waals surface area contributed by atoms with Gasteiger partial charge in [-0.25, -0.2) is 0 Å². The molecule has 0 aliphatic carbocycles. The maximum Gasteiger partial charge on any atom is 0.314 e. The maximum atomic E-state index is 12.1. The smallest absolute Gasteiger partial charge is 0.314 e. The van der Waals surface area contributed by atoms with Crippen LogP contribution in [0.15, 0.2) is 72.8 Å². The number of amides is 1. The predicted octanol–water partition coefficient (Wildman–Crippen LogP) is 4.93. The van der Waals surface area contributed by atoms with E-state index in [4.69, 9.17) is 9.47 Å². The Morgan fingerprint density at radius 2 is 1.62 bits per heavy atom. The molecule has 0 radical (unpaired) electrons. The predicted molar refractivity (Wildman–Crippen MR) is 113 cm³/mol. The van der Waals surface area contributed by atoms with Gasteiger partial charge in [0.05, 0.1) is 13.0 Å². The summed E-state index contributed by atoms with van der Waals surface area (Å²) in [6.07, 6.45) is 0.139. The van der Waals surface area contributed by atoms with Crippen LogP contribution >= 0.6 is 0 Å². The Morgan fingerprint density at radius 1 is 0.897 bits per heavy atom. The van der Waals surface area contributed by atoms with Crippen molar-refractivity contribution in [2.24, 2.45) is 0 Å². The van der Waals surface area contributed by atoms with E-state index < -0.39 is 0 Å². The van der Waals surface area contributed by atoms with E-state index >= 15 is 0 Å². The summed E-state index contributed by atoms with van der Waals surface area (Å²) < 4.78 is 11.0. The minimum absolute atomic E-state index is 0.139. The third-order valence-electron chi connectivity index (χ3n) is 4.29. The number of anilines is 1. The van der Waals surface area contributed by atoms with Gasteiger partial charge in [0.2, 0.25) is 0 Å². The van der Waals surface area contributed by atoms with E-state index in [-0.39, 0.29) is 24.9 Å². The number of ether oxygens (including phenoxy) is 2. The van der Waals surface area contributed by atoms with Crippen LogP contribution in [-0.2, 0) is 4.79 Å². The fourth-order valence-corrected chi connectivity index (χ4v) is 2.69. The zero-order valence-corrected chi connectivity index (χ0v) is 16.5. The molecule has 1 N–H and O–H groups in total. The number of hydrogen-bond acceptors (Lipinski definition) is 4. The van der Waals surface area contributed by atoms with Gasteiger partial charge in [0.1, 0.15) is 11.5 Å². The summed E-state index contributed by atoms with van der Waals surface area (Å²) in [6, 6.07) is 21.6. The van der Waals surface area contributed by atoms with Crippen LogP contribution in [0.3, 0.4) is 0 Å². The molecule has 3 aromatic rings. The molecule has 0 aliphatic heterocycles. The minimum atomic E-state index is -0.378. The molecule has 0 fully saturated rings. The van der Waals surface area contributed by atoms with Gasteiger partial charge in [-0.2, -0.15) is 0 Å².